The predicted molar refractivity (Wildman–Crippen MR) is 115 cm³/mol. The molecule has 0 amide bonds. The molecule has 1 aliphatic heterocycles. The van der Waals surface area contributed by atoms with E-state index in [-0.39, 0.29) is 6.10 Å². The van der Waals surface area contributed by atoms with Crippen LogP contribution in [0.2, 0.25) is 0 Å². The summed E-state index contributed by atoms with van der Waals surface area (Å²) in [6.07, 6.45) is -0.118. The maximum Gasteiger partial charge on any atom is 0.280 e. The largest absolute Gasteiger partial charge is 0.494 e. The number of benzene rings is 2. The van der Waals surface area contributed by atoms with E-state index in [0.29, 0.717) is 43.8 Å². The van der Waals surface area contributed by atoms with Crippen molar-refractivity contribution >= 4 is 0 Å². The van der Waals surface area contributed by atoms with Crippen molar-refractivity contribution in [1.29, 1.82) is 0 Å². The molecule has 1 atom stereocenters. The summed E-state index contributed by atoms with van der Waals surface area (Å²) in [4.78, 5) is 4.52. The fraction of sp³-hybridized carbons (Fsp3) is 0.304. The third-order valence-corrected chi connectivity index (χ3v) is 5.19. The second kappa shape index (κ2) is 8.80. The molecule has 9 heteroatoms. The highest BCUT2D eigenvalue weighted by atomic mass is 16.5. The number of ether oxygens (including phenoxy) is 3. The Labute approximate surface area is 184 Å². The summed E-state index contributed by atoms with van der Waals surface area (Å²) in [5.41, 5.74) is 3.21. The van der Waals surface area contributed by atoms with Gasteiger partial charge in [-0.1, -0.05) is 34.6 Å². The molecule has 0 bridgehead atoms. The molecule has 4 aromatic rings. The van der Waals surface area contributed by atoms with Gasteiger partial charge in [-0.25, -0.2) is 4.68 Å². The van der Waals surface area contributed by atoms with Crippen LogP contribution >= 0.6 is 0 Å². The summed E-state index contributed by atoms with van der Waals surface area (Å²) in [5.74, 6) is 2.37. The van der Waals surface area contributed by atoms with E-state index in [1.54, 1.807) is 0 Å². The van der Waals surface area contributed by atoms with Crippen LogP contribution in [0.25, 0.3) is 23.0 Å². The molecule has 164 valence electrons. The SMILES string of the molecule is CCOc1ccc([C@H]2Cn3nnc(-c4nc(-c5cccc(OCC)c5)no4)c3CO2)cc1. The lowest BCUT2D eigenvalue weighted by atomic mass is 10.1. The maximum atomic E-state index is 6.10. The van der Waals surface area contributed by atoms with Gasteiger partial charge >= 0.3 is 0 Å². The van der Waals surface area contributed by atoms with E-state index in [9.17, 15) is 0 Å². The second-order valence-electron chi connectivity index (χ2n) is 7.25. The summed E-state index contributed by atoms with van der Waals surface area (Å²) >= 11 is 0. The summed E-state index contributed by atoms with van der Waals surface area (Å²) in [5, 5.41) is 12.7. The topological polar surface area (TPSA) is 97.3 Å². The molecule has 0 unspecified atom stereocenters. The van der Waals surface area contributed by atoms with Gasteiger partial charge in [0, 0.05) is 5.56 Å². The predicted octanol–water partition coefficient (Wildman–Crippen LogP) is 4.06. The third kappa shape index (κ3) is 3.94. The summed E-state index contributed by atoms with van der Waals surface area (Å²) < 4.78 is 24.5. The van der Waals surface area contributed by atoms with E-state index in [1.165, 1.54) is 0 Å². The average molecular weight is 433 g/mol. The highest BCUT2D eigenvalue weighted by Gasteiger charge is 2.28. The lowest BCUT2D eigenvalue weighted by Crippen LogP contribution is -2.22. The van der Waals surface area contributed by atoms with Gasteiger partial charge in [0.1, 0.15) is 17.6 Å². The number of hydrogen-bond donors (Lipinski definition) is 0. The molecular weight excluding hydrogens is 410 g/mol. The minimum atomic E-state index is -0.118. The first-order valence-electron chi connectivity index (χ1n) is 10.6. The standard InChI is InChI=1S/C23H23N5O4/c1-3-29-17-10-8-15(9-11-17)20-13-28-19(14-31-20)21(25-27-28)23-24-22(26-32-23)16-6-5-7-18(12-16)30-4-2/h5-12,20H,3-4,13-14H2,1-2H3/t20-/m1/s1. The second-order valence-corrected chi connectivity index (χ2v) is 7.25. The zero-order valence-electron chi connectivity index (χ0n) is 17.9. The Morgan fingerprint density at radius 3 is 2.66 bits per heavy atom. The lowest BCUT2D eigenvalue weighted by molar-refractivity contribution is -0.00119. The van der Waals surface area contributed by atoms with E-state index in [4.69, 9.17) is 18.7 Å². The normalized spacial score (nSPS) is 15.4. The molecular formula is C23H23N5O4. The zero-order valence-corrected chi connectivity index (χ0v) is 17.9. The van der Waals surface area contributed by atoms with Crippen LogP contribution in [0.5, 0.6) is 11.5 Å². The molecule has 0 saturated heterocycles. The first-order valence-corrected chi connectivity index (χ1v) is 10.6. The Kier molecular flexibility index (Phi) is 5.55. The van der Waals surface area contributed by atoms with Crippen molar-refractivity contribution in [2.75, 3.05) is 13.2 Å². The van der Waals surface area contributed by atoms with Crippen LogP contribution < -0.4 is 9.47 Å². The van der Waals surface area contributed by atoms with Crippen molar-refractivity contribution in [2.24, 2.45) is 0 Å². The maximum absolute atomic E-state index is 6.10. The van der Waals surface area contributed by atoms with Gasteiger partial charge in [-0.05, 0) is 43.7 Å². The summed E-state index contributed by atoms with van der Waals surface area (Å²) in [6.45, 7) is 6.03. The van der Waals surface area contributed by atoms with E-state index < -0.39 is 0 Å². The first-order chi connectivity index (χ1) is 15.7. The molecule has 0 N–H and O–H groups in total. The Bertz CT molecular complexity index is 1200. The van der Waals surface area contributed by atoms with Crippen molar-refractivity contribution in [1.82, 2.24) is 25.1 Å². The van der Waals surface area contributed by atoms with Crippen LogP contribution in [0.3, 0.4) is 0 Å². The van der Waals surface area contributed by atoms with Crippen LogP contribution in [0.1, 0.15) is 31.2 Å². The van der Waals surface area contributed by atoms with Crippen molar-refractivity contribution < 1.29 is 18.7 Å². The van der Waals surface area contributed by atoms with Gasteiger partial charge in [0.25, 0.3) is 5.89 Å². The number of fused-ring (bicyclic) bond motifs is 1. The van der Waals surface area contributed by atoms with Gasteiger partial charge in [-0.2, -0.15) is 4.98 Å². The monoisotopic (exact) mass is 433 g/mol. The molecule has 32 heavy (non-hydrogen) atoms. The van der Waals surface area contributed by atoms with Crippen LogP contribution in [0, 0.1) is 0 Å². The molecule has 5 rings (SSSR count). The van der Waals surface area contributed by atoms with Crippen molar-refractivity contribution in [3.8, 4) is 34.5 Å². The van der Waals surface area contributed by atoms with E-state index in [0.717, 1.165) is 28.3 Å². The molecule has 0 fully saturated rings. The van der Waals surface area contributed by atoms with Crippen LogP contribution in [-0.4, -0.2) is 38.3 Å². The van der Waals surface area contributed by atoms with Crippen LogP contribution in [0.4, 0.5) is 0 Å². The van der Waals surface area contributed by atoms with Crippen LogP contribution in [-0.2, 0) is 17.9 Å². The van der Waals surface area contributed by atoms with Gasteiger partial charge in [0.05, 0.1) is 32.1 Å². The van der Waals surface area contributed by atoms with E-state index in [1.807, 2.05) is 67.1 Å². The molecule has 2 aromatic heterocycles. The average Bonchev–Trinajstić information content (AvgIpc) is 3.47. The lowest BCUT2D eigenvalue weighted by Gasteiger charge is -2.24. The van der Waals surface area contributed by atoms with E-state index in [2.05, 4.69) is 20.5 Å². The number of hydrogen-bond acceptors (Lipinski definition) is 8. The molecule has 9 nitrogen and oxygen atoms in total. The fourth-order valence-electron chi connectivity index (χ4n) is 3.65. The van der Waals surface area contributed by atoms with Gasteiger partial charge in [0.15, 0.2) is 5.69 Å². The van der Waals surface area contributed by atoms with Gasteiger partial charge in [-0.15, -0.1) is 5.10 Å². The smallest absolute Gasteiger partial charge is 0.280 e. The molecule has 2 aromatic carbocycles. The van der Waals surface area contributed by atoms with E-state index >= 15 is 0 Å². The number of nitrogens with zero attached hydrogens (tertiary/aromatic N) is 5. The highest BCUT2D eigenvalue weighted by molar-refractivity contribution is 5.60. The highest BCUT2D eigenvalue weighted by Crippen LogP contribution is 2.32. The van der Waals surface area contributed by atoms with Crippen molar-refractivity contribution in [3.05, 3.63) is 59.8 Å². The number of aromatic nitrogens is 5. The van der Waals surface area contributed by atoms with Gasteiger partial charge in [0.2, 0.25) is 5.82 Å². The molecule has 0 spiro atoms. The molecule has 0 aliphatic carbocycles. The minimum Gasteiger partial charge on any atom is -0.494 e. The first kappa shape index (κ1) is 20.2. The molecule has 1 aliphatic rings. The third-order valence-electron chi connectivity index (χ3n) is 5.19. The Morgan fingerprint density at radius 2 is 1.84 bits per heavy atom. The number of rotatable bonds is 7. The Hall–Kier alpha value is -3.72. The van der Waals surface area contributed by atoms with Crippen LogP contribution in [0.15, 0.2) is 53.1 Å². The molecule has 3 heterocycles. The Balaban J connectivity index is 1.35. The zero-order chi connectivity index (χ0) is 21.9. The van der Waals surface area contributed by atoms with Gasteiger partial charge in [-0.3, -0.25) is 0 Å². The molecule has 0 saturated carbocycles. The van der Waals surface area contributed by atoms with Crippen molar-refractivity contribution in [2.45, 2.75) is 33.1 Å². The van der Waals surface area contributed by atoms with Gasteiger partial charge < -0.3 is 18.7 Å². The van der Waals surface area contributed by atoms with Crippen molar-refractivity contribution in [3.63, 3.8) is 0 Å². The Morgan fingerprint density at radius 1 is 1.03 bits per heavy atom. The quantitative estimate of drug-likeness (QED) is 0.430. The fourth-order valence-corrected chi connectivity index (χ4v) is 3.65. The minimum absolute atomic E-state index is 0.118. The molecule has 0 radical (unpaired) electrons. The summed E-state index contributed by atoms with van der Waals surface area (Å²) in [7, 11) is 0. The summed E-state index contributed by atoms with van der Waals surface area (Å²) in [6, 6.07) is 15.5.